The number of aromatic nitrogens is 2. The normalized spacial score (nSPS) is 21.3. The first-order chi connectivity index (χ1) is 14.4. The molecule has 2 unspecified atom stereocenters. The van der Waals surface area contributed by atoms with Crippen LogP contribution in [0.1, 0.15) is 52.0 Å². The van der Waals surface area contributed by atoms with E-state index < -0.39 is 18.2 Å². The van der Waals surface area contributed by atoms with Gasteiger partial charge in [0, 0.05) is 22.6 Å². The molecular weight excluding hydrogens is 391 g/mol. The maximum absolute atomic E-state index is 14.5. The second-order valence-corrected chi connectivity index (χ2v) is 8.13. The van der Waals surface area contributed by atoms with Gasteiger partial charge in [0.2, 0.25) is 0 Å². The summed E-state index contributed by atoms with van der Waals surface area (Å²) >= 11 is 0. The Balaban J connectivity index is 1.70. The third-order valence-electron chi connectivity index (χ3n) is 6.62. The van der Waals surface area contributed by atoms with Crippen molar-refractivity contribution in [1.82, 2.24) is 9.55 Å². The maximum atomic E-state index is 14.5. The third-order valence-corrected chi connectivity index (χ3v) is 6.62. The number of halogens is 1. The van der Waals surface area contributed by atoms with Gasteiger partial charge in [0.15, 0.2) is 6.10 Å². The average molecular weight is 408 g/mol. The minimum atomic E-state index is -1.53. The van der Waals surface area contributed by atoms with Gasteiger partial charge in [0.05, 0.1) is 35.1 Å². The molecule has 1 aromatic carbocycles. The summed E-state index contributed by atoms with van der Waals surface area (Å²) < 4.78 is 21.0. The van der Waals surface area contributed by atoms with Crippen molar-refractivity contribution < 1.29 is 24.1 Å². The van der Waals surface area contributed by atoms with Crippen LogP contribution in [-0.4, -0.2) is 25.7 Å². The molecule has 0 bridgehead atoms. The van der Waals surface area contributed by atoms with Gasteiger partial charge in [-0.05, 0) is 42.5 Å². The second-order valence-electron chi connectivity index (χ2n) is 8.13. The molecule has 4 heterocycles. The Hall–Kier alpha value is -3.10. The summed E-state index contributed by atoms with van der Waals surface area (Å²) in [6, 6.07) is 2.95. The number of aliphatic hydroxyl groups excluding tert-OH is 2. The lowest BCUT2D eigenvalue weighted by atomic mass is 9.83. The van der Waals surface area contributed by atoms with Crippen LogP contribution >= 0.6 is 0 Å². The van der Waals surface area contributed by atoms with Gasteiger partial charge in [-0.3, -0.25) is 4.79 Å². The molecule has 0 saturated carbocycles. The predicted octanol–water partition coefficient (Wildman–Crippen LogP) is 1.94. The Morgan fingerprint density at radius 3 is 2.80 bits per heavy atom. The molecule has 2 aromatic heterocycles. The molecule has 1 aliphatic carbocycles. The number of fused-ring (bicyclic) bond motifs is 5. The zero-order valence-corrected chi connectivity index (χ0v) is 16.0. The molecule has 6 rings (SSSR count). The molecule has 2 atom stereocenters. The van der Waals surface area contributed by atoms with Crippen LogP contribution in [0.3, 0.4) is 0 Å². The van der Waals surface area contributed by atoms with E-state index in [9.17, 15) is 24.2 Å². The smallest absolute Gasteiger partial charge is 0.340 e. The number of nitrogens with zero attached hydrogens (tertiary/aromatic N) is 2. The van der Waals surface area contributed by atoms with Crippen molar-refractivity contribution in [3.63, 3.8) is 0 Å². The summed E-state index contributed by atoms with van der Waals surface area (Å²) in [6.45, 7) is 1.75. The third kappa shape index (κ3) is 2.07. The number of cyclic esters (lactones) is 1. The molecule has 3 aromatic rings. The van der Waals surface area contributed by atoms with Crippen molar-refractivity contribution in [2.24, 2.45) is 0 Å². The van der Waals surface area contributed by atoms with Crippen LogP contribution < -0.4 is 5.56 Å². The van der Waals surface area contributed by atoms with Crippen molar-refractivity contribution in [3.8, 4) is 11.4 Å². The average Bonchev–Trinajstić information content (AvgIpc) is 3.09. The molecule has 7 nitrogen and oxygen atoms in total. The van der Waals surface area contributed by atoms with E-state index in [4.69, 9.17) is 4.74 Å². The number of hydrogen-bond donors (Lipinski definition) is 2. The van der Waals surface area contributed by atoms with Crippen molar-refractivity contribution in [1.29, 1.82) is 0 Å². The Kier molecular flexibility index (Phi) is 3.39. The molecule has 0 fully saturated rings. The fraction of sp³-hybridized carbons (Fsp3) is 0.318. The highest BCUT2D eigenvalue weighted by atomic mass is 19.1. The number of esters is 1. The van der Waals surface area contributed by atoms with Crippen molar-refractivity contribution in [2.45, 2.75) is 45.1 Å². The number of benzene rings is 1. The second kappa shape index (κ2) is 5.74. The van der Waals surface area contributed by atoms with Crippen LogP contribution in [0.15, 0.2) is 16.9 Å². The molecule has 8 heteroatoms. The van der Waals surface area contributed by atoms with Gasteiger partial charge < -0.3 is 19.5 Å². The maximum Gasteiger partial charge on any atom is 0.340 e. The standard InChI is InChI=1S/C22H17FN2O5/c1-8-9-2-3-16(26)18-11-6-25-15(19(11)24-14(17(9)18)5-13(8)23)4-10-12(21(25)28)7-30-22(29)20(10)27/h4-5,16,20,26-27H,2-3,6-7H2,1H3. The number of carbonyl (C=O) groups excluding carboxylic acids is 1. The lowest BCUT2D eigenvalue weighted by Gasteiger charge is -2.25. The van der Waals surface area contributed by atoms with Gasteiger partial charge in [0.1, 0.15) is 12.4 Å². The van der Waals surface area contributed by atoms with E-state index in [1.807, 2.05) is 0 Å². The van der Waals surface area contributed by atoms with Crippen LogP contribution in [0.25, 0.3) is 22.3 Å². The van der Waals surface area contributed by atoms with Crippen molar-refractivity contribution in [3.05, 3.63) is 61.7 Å². The summed E-state index contributed by atoms with van der Waals surface area (Å²) in [5.74, 6) is -1.16. The number of aliphatic hydroxyl groups is 2. The van der Waals surface area contributed by atoms with Crippen LogP contribution in [0.4, 0.5) is 4.39 Å². The molecule has 2 N–H and O–H groups in total. The van der Waals surface area contributed by atoms with E-state index in [0.717, 1.165) is 16.5 Å². The van der Waals surface area contributed by atoms with E-state index in [1.54, 1.807) is 13.0 Å². The summed E-state index contributed by atoms with van der Waals surface area (Å²) in [5, 5.41) is 21.8. The van der Waals surface area contributed by atoms with Crippen LogP contribution in [-0.2, 0) is 29.1 Å². The number of hydrogen-bond acceptors (Lipinski definition) is 6. The fourth-order valence-electron chi connectivity index (χ4n) is 5.08. The molecule has 0 spiro atoms. The van der Waals surface area contributed by atoms with E-state index in [1.165, 1.54) is 10.6 Å². The lowest BCUT2D eigenvalue weighted by molar-refractivity contribution is -0.157. The van der Waals surface area contributed by atoms with E-state index in [-0.39, 0.29) is 35.7 Å². The monoisotopic (exact) mass is 408 g/mol. The molecule has 0 amide bonds. The van der Waals surface area contributed by atoms with Gasteiger partial charge in [-0.2, -0.15) is 0 Å². The SMILES string of the molecule is Cc1c(F)cc2nc3c(c4c2c1CCC4O)Cn1c-3cc2c(c1=O)COC(=O)C2O. The summed E-state index contributed by atoms with van der Waals surface area (Å²) in [5.41, 5.74) is 4.24. The lowest BCUT2D eigenvalue weighted by Crippen LogP contribution is -2.32. The fourth-order valence-corrected chi connectivity index (χ4v) is 5.08. The van der Waals surface area contributed by atoms with Gasteiger partial charge in [-0.1, -0.05) is 0 Å². The summed E-state index contributed by atoms with van der Waals surface area (Å²) in [4.78, 5) is 29.5. The van der Waals surface area contributed by atoms with E-state index in [2.05, 4.69) is 4.98 Å². The van der Waals surface area contributed by atoms with Crippen molar-refractivity contribution in [2.75, 3.05) is 0 Å². The topological polar surface area (TPSA) is 102 Å². The molecular formula is C22H17FN2O5. The first-order valence-corrected chi connectivity index (χ1v) is 9.81. The molecule has 0 radical (unpaired) electrons. The zero-order chi connectivity index (χ0) is 20.9. The predicted molar refractivity (Wildman–Crippen MR) is 103 cm³/mol. The highest BCUT2D eigenvalue weighted by molar-refractivity contribution is 5.93. The minimum Gasteiger partial charge on any atom is -0.458 e. The molecule has 30 heavy (non-hydrogen) atoms. The highest BCUT2D eigenvalue weighted by Crippen LogP contribution is 2.45. The van der Waals surface area contributed by atoms with Gasteiger partial charge in [-0.25, -0.2) is 14.2 Å². The largest absolute Gasteiger partial charge is 0.458 e. The quantitative estimate of drug-likeness (QED) is 0.431. The molecule has 0 saturated heterocycles. The molecule has 2 aliphatic heterocycles. The van der Waals surface area contributed by atoms with Gasteiger partial charge >= 0.3 is 5.97 Å². The molecule has 152 valence electrons. The van der Waals surface area contributed by atoms with Crippen LogP contribution in [0.5, 0.6) is 0 Å². The summed E-state index contributed by atoms with van der Waals surface area (Å²) in [6.07, 6.45) is -1.25. The van der Waals surface area contributed by atoms with Crippen LogP contribution in [0, 0.1) is 12.7 Å². The number of ether oxygens (including phenoxy) is 1. The van der Waals surface area contributed by atoms with Gasteiger partial charge in [0.25, 0.3) is 5.56 Å². The molecule has 3 aliphatic rings. The Morgan fingerprint density at radius 2 is 2.00 bits per heavy atom. The van der Waals surface area contributed by atoms with Gasteiger partial charge in [-0.15, -0.1) is 0 Å². The van der Waals surface area contributed by atoms with E-state index >= 15 is 0 Å². The number of carbonyl (C=O) groups is 1. The highest BCUT2D eigenvalue weighted by Gasteiger charge is 2.36. The first kappa shape index (κ1) is 17.7. The Bertz CT molecular complexity index is 1380. The number of pyridine rings is 2. The Labute approximate surface area is 169 Å². The van der Waals surface area contributed by atoms with E-state index in [0.29, 0.717) is 40.9 Å². The van der Waals surface area contributed by atoms with Crippen LogP contribution in [0.2, 0.25) is 0 Å². The van der Waals surface area contributed by atoms with Crippen molar-refractivity contribution >= 4 is 16.9 Å². The first-order valence-electron chi connectivity index (χ1n) is 9.81. The number of rotatable bonds is 0. The zero-order valence-electron chi connectivity index (χ0n) is 16.0. The Morgan fingerprint density at radius 1 is 1.20 bits per heavy atom. The summed E-state index contributed by atoms with van der Waals surface area (Å²) in [7, 11) is 0. The number of aryl methyl sites for hydroxylation is 1. The minimum absolute atomic E-state index is 0.194.